The zero-order valence-corrected chi connectivity index (χ0v) is 22.8. The second-order valence-corrected chi connectivity index (χ2v) is 11.6. The van der Waals surface area contributed by atoms with Gasteiger partial charge in [0, 0.05) is 35.8 Å². The molecule has 198 valence electrons. The Labute approximate surface area is 220 Å². The largest absolute Gasteiger partial charge is 0.377 e. The maximum Gasteiger partial charge on any atom is 0.295 e. The lowest BCUT2D eigenvalue weighted by Crippen LogP contribution is -2.52. The van der Waals surface area contributed by atoms with E-state index in [1.54, 1.807) is 42.7 Å². The normalized spacial score (nSPS) is 18.6. The summed E-state index contributed by atoms with van der Waals surface area (Å²) in [6, 6.07) is 9.82. The van der Waals surface area contributed by atoms with E-state index in [0.717, 1.165) is 5.56 Å². The molecule has 1 fully saturated rings. The van der Waals surface area contributed by atoms with Crippen LogP contribution in [0.2, 0.25) is 0 Å². The lowest BCUT2D eigenvalue weighted by molar-refractivity contribution is -0.140. The second kappa shape index (κ2) is 11.4. The Balaban J connectivity index is 2.13. The quantitative estimate of drug-likeness (QED) is 0.406. The second-order valence-electron chi connectivity index (χ2n) is 11.6. The third kappa shape index (κ3) is 6.92. The van der Waals surface area contributed by atoms with E-state index in [0.29, 0.717) is 30.7 Å². The average Bonchev–Trinajstić information content (AvgIpc) is 3.29. The van der Waals surface area contributed by atoms with Crippen LogP contribution in [0.25, 0.3) is 0 Å². The molecule has 1 N–H and O–H groups in total. The van der Waals surface area contributed by atoms with Gasteiger partial charge in [0.05, 0.1) is 12.0 Å². The molecule has 7 nitrogen and oxygen atoms in total. The van der Waals surface area contributed by atoms with Crippen molar-refractivity contribution in [3.05, 3.63) is 72.6 Å². The molecular weight excluding hydrogens is 466 g/mol. The maximum absolute atomic E-state index is 14.0. The molecule has 37 heavy (non-hydrogen) atoms. The number of ether oxygens (including phenoxy) is 1. The predicted octanol–water partition coefficient (Wildman–Crippen LogP) is 4.92. The molecule has 0 saturated carbocycles. The van der Waals surface area contributed by atoms with Crippen LogP contribution in [0.5, 0.6) is 0 Å². The van der Waals surface area contributed by atoms with Gasteiger partial charge in [0.2, 0.25) is 11.7 Å². The van der Waals surface area contributed by atoms with E-state index in [9.17, 15) is 14.4 Å². The Morgan fingerprint density at radius 1 is 1.14 bits per heavy atom. The number of carbonyl (C=O) groups is 3. The van der Waals surface area contributed by atoms with Crippen LogP contribution in [0, 0.1) is 5.92 Å². The summed E-state index contributed by atoms with van der Waals surface area (Å²) in [5.41, 5.74) is 1.39. The molecule has 2 aromatic rings. The molecule has 0 spiro atoms. The van der Waals surface area contributed by atoms with Crippen LogP contribution in [0.1, 0.15) is 71.6 Å². The van der Waals surface area contributed by atoms with Crippen molar-refractivity contribution in [2.75, 3.05) is 11.5 Å². The molecule has 1 aliphatic heterocycles. The number of benzene rings is 1. The van der Waals surface area contributed by atoms with Gasteiger partial charge in [-0.3, -0.25) is 24.3 Å². The molecule has 3 unspecified atom stereocenters. The van der Waals surface area contributed by atoms with E-state index in [1.165, 1.54) is 4.90 Å². The molecule has 0 bridgehead atoms. The van der Waals surface area contributed by atoms with Crippen molar-refractivity contribution in [1.29, 1.82) is 0 Å². The summed E-state index contributed by atoms with van der Waals surface area (Å²) in [6.45, 7) is 16.1. The van der Waals surface area contributed by atoms with Crippen LogP contribution in [0.15, 0.2) is 61.4 Å². The van der Waals surface area contributed by atoms with Crippen molar-refractivity contribution in [2.24, 2.45) is 5.92 Å². The highest BCUT2D eigenvalue weighted by atomic mass is 16.5. The fraction of sp³-hybridized carbons (Fsp3) is 0.467. The number of hydrogen-bond donors (Lipinski definition) is 1. The summed E-state index contributed by atoms with van der Waals surface area (Å²) in [4.78, 5) is 46.9. The molecular formula is C30H39N3O4. The number of amides is 2. The van der Waals surface area contributed by atoms with E-state index >= 15 is 0 Å². The zero-order valence-electron chi connectivity index (χ0n) is 22.8. The van der Waals surface area contributed by atoms with Gasteiger partial charge in [0.1, 0.15) is 6.04 Å². The minimum Gasteiger partial charge on any atom is -0.377 e. The van der Waals surface area contributed by atoms with Gasteiger partial charge in [-0.15, -0.1) is 6.58 Å². The van der Waals surface area contributed by atoms with E-state index in [4.69, 9.17) is 4.74 Å². The van der Waals surface area contributed by atoms with E-state index in [2.05, 4.69) is 37.7 Å². The third-order valence-electron chi connectivity index (χ3n) is 6.39. The Morgan fingerprint density at radius 2 is 1.81 bits per heavy atom. The molecule has 2 heterocycles. The van der Waals surface area contributed by atoms with Crippen LogP contribution in [-0.4, -0.2) is 40.8 Å². The third-order valence-corrected chi connectivity index (χ3v) is 6.39. The molecule has 7 heteroatoms. The van der Waals surface area contributed by atoms with E-state index < -0.39 is 41.2 Å². The number of aromatic nitrogens is 1. The lowest BCUT2D eigenvalue weighted by atomic mass is 9.87. The Morgan fingerprint density at radius 3 is 2.35 bits per heavy atom. The van der Waals surface area contributed by atoms with Crippen molar-refractivity contribution in [3.63, 3.8) is 0 Å². The SMILES string of the molecule is C=CCC1OCCC1C(=O)C(=O)N(c1ccc(C(C)(C)C)cc1)C(C(=O)NC(C)(C)C)c1cccnc1. The number of carbonyl (C=O) groups excluding carboxylic acids is 3. The predicted molar refractivity (Wildman–Crippen MR) is 145 cm³/mol. The van der Waals surface area contributed by atoms with Gasteiger partial charge in [-0.1, -0.05) is 45.0 Å². The number of anilines is 1. The molecule has 3 atom stereocenters. The van der Waals surface area contributed by atoms with Crippen molar-refractivity contribution in [2.45, 2.75) is 77.5 Å². The summed E-state index contributed by atoms with van der Waals surface area (Å²) in [6.07, 6.45) is 5.37. The smallest absolute Gasteiger partial charge is 0.295 e. The number of pyridine rings is 1. The fourth-order valence-electron chi connectivity index (χ4n) is 4.52. The highest BCUT2D eigenvalue weighted by Crippen LogP contribution is 2.33. The summed E-state index contributed by atoms with van der Waals surface area (Å²) < 4.78 is 5.72. The summed E-state index contributed by atoms with van der Waals surface area (Å²) >= 11 is 0. The molecule has 1 aliphatic rings. The topological polar surface area (TPSA) is 88.6 Å². The first-order valence-electron chi connectivity index (χ1n) is 12.8. The fourth-order valence-corrected chi connectivity index (χ4v) is 4.52. The Bertz CT molecular complexity index is 1110. The summed E-state index contributed by atoms with van der Waals surface area (Å²) in [7, 11) is 0. The molecule has 3 rings (SSSR count). The molecule has 1 aromatic heterocycles. The van der Waals surface area contributed by atoms with Crippen molar-refractivity contribution >= 4 is 23.3 Å². The number of nitrogens with zero attached hydrogens (tertiary/aromatic N) is 2. The van der Waals surface area contributed by atoms with Crippen LogP contribution in [0.3, 0.4) is 0 Å². The number of ketones is 1. The number of rotatable bonds is 8. The van der Waals surface area contributed by atoms with Gasteiger partial charge in [-0.2, -0.15) is 0 Å². The van der Waals surface area contributed by atoms with Crippen LogP contribution in [-0.2, 0) is 24.5 Å². The van der Waals surface area contributed by atoms with Gasteiger partial charge in [-0.05, 0) is 62.8 Å². The standard InChI is InChI=1S/C30H39N3O4/c1-8-10-24-23(16-18-37-24)26(34)28(36)33(22-14-12-21(13-15-22)29(2,3)4)25(20-11-9-17-31-19-20)27(35)32-30(5,6)7/h8-9,11-15,17,19,23-25H,1,10,16,18H2,2-7H3,(H,32,35). The summed E-state index contributed by atoms with van der Waals surface area (Å²) in [5.74, 6) is -2.30. The highest BCUT2D eigenvalue weighted by molar-refractivity contribution is 6.42. The molecule has 1 aromatic carbocycles. The van der Waals surface area contributed by atoms with Gasteiger partial charge >= 0.3 is 0 Å². The molecule has 0 radical (unpaired) electrons. The van der Waals surface area contributed by atoms with E-state index in [-0.39, 0.29) is 5.41 Å². The number of hydrogen-bond acceptors (Lipinski definition) is 5. The van der Waals surface area contributed by atoms with Crippen LogP contribution >= 0.6 is 0 Å². The monoisotopic (exact) mass is 505 g/mol. The number of Topliss-reactive ketones (excluding diaryl/α,β-unsaturated/α-hetero) is 1. The molecule has 1 saturated heterocycles. The number of nitrogens with one attached hydrogen (secondary N) is 1. The van der Waals surface area contributed by atoms with Gasteiger partial charge in [-0.25, -0.2) is 0 Å². The average molecular weight is 506 g/mol. The van der Waals surface area contributed by atoms with Gasteiger partial charge in [0.15, 0.2) is 0 Å². The first kappa shape index (κ1) is 28.3. The first-order valence-corrected chi connectivity index (χ1v) is 12.8. The Hall–Kier alpha value is -3.32. The van der Waals surface area contributed by atoms with Crippen molar-refractivity contribution < 1.29 is 19.1 Å². The van der Waals surface area contributed by atoms with Crippen molar-refractivity contribution in [1.82, 2.24) is 10.3 Å². The van der Waals surface area contributed by atoms with E-state index in [1.807, 2.05) is 32.9 Å². The highest BCUT2D eigenvalue weighted by Gasteiger charge is 2.43. The first-order chi connectivity index (χ1) is 17.3. The van der Waals surface area contributed by atoms with Gasteiger partial charge in [0.25, 0.3) is 5.91 Å². The Kier molecular flexibility index (Phi) is 8.69. The zero-order chi connectivity index (χ0) is 27.4. The van der Waals surface area contributed by atoms with Crippen molar-refractivity contribution in [3.8, 4) is 0 Å². The molecule has 0 aliphatic carbocycles. The lowest BCUT2D eigenvalue weighted by Gasteiger charge is -2.34. The minimum absolute atomic E-state index is 0.103. The van der Waals surface area contributed by atoms with Crippen LogP contribution < -0.4 is 10.2 Å². The van der Waals surface area contributed by atoms with Gasteiger partial charge < -0.3 is 10.1 Å². The molecule has 2 amide bonds. The minimum atomic E-state index is -1.09. The summed E-state index contributed by atoms with van der Waals surface area (Å²) in [5, 5.41) is 2.99. The van der Waals surface area contributed by atoms with Crippen LogP contribution in [0.4, 0.5) is 5.69 Å². The maximum atomic E-state index is 14.0.